The van der Waals surface area contributed by atoms with Gasteiger partial charge in [0, 0.05) is 29.5 Å². The third-order valence-electron chi connectivity index (χ3n) is 3.73. The van der Waals surface area contributed by atoms with E-state index in [-0.39, 0.29) is 29.5 Å². The second-order valence-corrected chi connectivity index (χ2v) is 10.5. The van der Waals surface area contributed by atoms with Gasteiger partial charge in [-0.3, -0.25) is 9.36 Å². The van der Waals surface area contributed by atoms with Gasteiger partial charge in [-0.05, 0) is 12.5 Å². The molecular weight excluding hydrogens is 390 g/mol. The summed E-state index contributed by atoms with van der Waals surface area (Å²) in [4.78, 5) is 28.0. The summed E-state index contributed by atoms with van der Waals surface area (Å²) < 4.78 is 6.88. The second-order valence-electron chi connectivity index (χ2n) is 7.29. The first kappa shape index (κ1) is 22.2. The number of aliphatic hydroxyl groups is 2. The first-order valence-electron chi connectivity index (χ1n) is 8.83. The number of carbonyl (C=O) groups is 1. The first-order chi connectivity index (χ1) is 12.7. The van der Waals surface area contributed by atoms with Crippen LogP contribution in [-0.4, -0.2) is 55.0 Å². The van der Waals surface area contributed by atoms with Crippen molar-refractivity contribution in [3.05, 3.63) is 22.7 Å². The molecule has 0 aliphatic carbocycles. The zero-order valence-corrected chi connectivity index (χ0v) is 17.4. The molecule has 1 saturated heterocycles. The summed E-state index contributed by atoms with van der Waals surface area (Å²) in [6, 6.07) is 1.52. The number of rotatable bonds is 8. The fraction of sp³-hybridized carbons (Fsp3) is 0.706. The zero-order valence-electron chi connectivity index (χ0n) is 15.8. The average molecular weight is 418 g/mol. The van der Waals surface area contributed by atoms with Crippen LogP contribution in [0.2, 0.25) is 0 Å². The van der Waals surface area contributed by atoms with Gasteiger partial charge in [0.05, 0.1) is 12.7 Å². The number of nitrogens with zero attached hydrogens (tertiary/aromatic N) is 2. The number of aliphatic hydroxyl groups excluding tert-OH is 2. The van der Waals surface area contributed by atoms with Gasteiger partial charge >= 0.3 is 5.69 Å². The monoisotopic (exact) mass is 417 g/mol. The van der Waals surface area contributed by atoms with Crippen molar-refractivity contribution in [1.82, 2.24) is 9.55 Å². The van der Waals surface area contributed by atoms with Crippen LogP contribution in [0.3, 0.4) is 0 Å². The molecule has 3 atom stereocenters. The Balaban J connectivity index is 1.82. The van der Waals surface area contributed by atoms with Crippen LogP contribution < -0.4 is 11.0 Å². The number of ether oxygens (including phenoxy) is 1. The maximum absolute atomic E-state index is 12.2. The highest BCUT2D eigenvalue weighted by atomic mass is 33.1. The third kappa shape index (κ3) is 7.11. The Hall–Kier alpha value is -1.07. The molecule has 1 aliphatic rings. The molecule has 2 heterocycles. The van der Waals surface area contributed by atoms with Crippen LogP contribution in [0, 0.1) is 0 Å². The van der Waals surface area contributed by atoms with E-state index in [9.17, 15) is 14.7 Å². The van der Waals surface area contributed by atoms with E-state index in [2.05, 4.69) is 31.1 Å². The fourth-order valence-electron chi connectivity index (χ4n) is 2.47. The second kappa shape index (κ2) is 9.92. The summed E-state index contributed by atoms with van der Waals surface area (Å²) in [7, 11) is 3.53. The first-order valence-corrected chi connectivity index (χ1v) is 11.2. The van der Waals surface area contributed by atoms with Gasteiger partial charge in [0.25, 0.3) is 0 Å². The van der Waals surface area contributed by atoms with Gasteiger partial charge in [0.15, 0.2) is 0 Å². The molecule has 152 valence electrons. The van der Waals surface area contributed by atoms with Crippen molar-refractivity contribution in [2.75, 3.05) is 17.7 Å². The summed E-state index contributed by atoms with van der Waals surface area (Å²) in [5.41, 5.74) is -0.583. The molecule has 2 rings (SSSR count). The molecule has 3 N–H and O–H groups in total. The van der Waals surface area contributed by atoms with Gasteiger partial charge in [-0.25, -0.2) is 4.79 Å². The Kier molecular flexibility index (Phi) is 8.17. The molecule has 1 aromatic rings. The molecule has 0 spiro atoms. The van der Waals surface area contributed by atoms with Gasteiger partial charge in [-0.1, -0.05) is 42.4 Å². The molecule has 0 aromatic carbocycles. The van der Waals surface area contributed by atoms with Crippen LogP contribution in [0.15, 0.2) is 17.1 Å². The van der Waals surface area contributed by atoms with Crippen LogP contribution in [0.5, 0.6) is 0 Å². The van der Waals surface area contributed by atoms with Crippen molar-refractivity contribution in [1.29, 1.82) is 0 Å². The number of anilines is 1. The van der Waals surface area contributed by atoms with Crippen LogP contribution >= 0.6 is 21.6 Å². The van der Waals surface area contributed by atoms with Crippen LogP contribution in [-0.2, 0) is 9.53 Å². The van der Waals surface area contributed by atoms with Crippen molar-refractivity contribution in [3.63, 3.8) is 0 Å². The molecule has 1 fully saturated rings. The highest BCUT2D eigenvalue weighted by molar-refractivity contribution is 8.77. The van der Waals surface area contributed by atoms with Crippen molar-refractivity contribution in [2.45, 2.75) is 63.2 Å². The smallest absolute Gasteiger partial charge is 0.351 e. The number of nitrogens with one attached hydrogen (secondary N) is 1. The maximum atomic E-state index is 12.2. The third-order valence-corrected chi connectivity index (χ3v) is 7.16. The van der Waals surface area contributed by atoms with E-state index < -0.39 is 24.1 Å². The minimum Gasteiger partial charge on any atom is -0.394 e. The Bertz CT molecular complexity index is 692. The molecule has 1 aromatic heterocycles. The van der Waals surface area contributed by atoms with Gasteiger partial charge in [0.1, 0.15) is 18.1 Å². The average Bonchev–Trinajstić information content (AvgIpc) is 2.94. The van der Waals surface area contributed by atoms with E-state index in [1.165, 1.54) is 16.8 Å². The lowest BCUT2D eigenvalue weighted by Crippen LogP contribution is -2.28. The minimum atomic E-state index is -0.833. The molecule has 1 aliphatic heterocycles. The van der Waals surface area contributed by atoms with E-state index in [0.717, 1.165) is 12.2 Å². The fourth-order valence-corrected chi connectivity index (χ4v) is 4.83. The van der Waals surface area contributed by atoms with E-state index in [1.807, 2.05) is 0 Å². The number of aromatic nitrogens is 2. The molecule has 8 nitrogen and oxygen atoms in total. The van der Waals surface area contributed by atoms with Crippen molar-refractivity contribution in [3.8, 4) is 0 Å². The van der Waals surface area contributed by atoms with Crippen LogP contribution in [0.1, 0.15) is 46.3 Å². The summed E-state index contributed by atoms with van der Waals surface area (Å²) in [6.07, 6.45) is 0.544. The summed E-state index contributed by atoms with van der Waals surface area (Å²) >= 11 is 0. The van der Waals surface area contributed by atoms with Gasteiger partial charge in [-0.15, -0.1) is 0 Å². The molecule has 0 saturated carbocycles. The summed E-state index contributed by atoms with van der Waals surface area (Å²) in [6.45, 7) is 6.12. The van der Waals surface area contributed by atoms with E-state index in [4.69, 9.17) is 9.84 Å². The normalized spacial score (nSPS) is 22.8. The molecule has 0 bridgehead atoms. The number of hydrogen-bond acceptors (Lipinski definition) is 8. The number of hydrogen-bond donors (Lipinski definition) is 3. The van der Waals surface area contributed by atoms with Crippen LogP contribution in [0.25, 0.3) is 0 Å². The van der Waals surface area contributed by atoms with Crippen molar-refractivity contribution in [2.24, 2.45) is 0 Å². The highest BCUT2D eigenvalue weighted by Crippen LogP contribution is 2.35. The Labute approximate surface area is 166 Å². The molecule has 27 heavy (non-hydrogen) atoms. The van der Waals surface area contributed by atoms with Crippen LogP contribution in [0.4, 0.5) is 5.82 Å². The zero-order chi connectivity index (χ0) is 20.0. The number of amides is 1. The maximum Gasteiger partial charge on any atom is 0.351 e. The lowest BCUT2D eigenvalue weighted by atomic mass is 10.2. The van der Waals surface area contributed by atoms with Crippen molar-refractivity contribution < 1.29 is 19.7 Å². The van der Waals surface area contributed by atoms with E-state index in [1.54, 1.807) is 21.6 Å². The minimum absolute atomic E-state index is 0.186. The standard InChI is InChI=1S/C17H27N3O5S2/c1-17(2,3)27-26-8-4-5-14(23)18-13-6-7-20(16(24)19-13)15-9-11(22)12(10-21)25-15/h6-7,11-12,15,21-22H,4-5,8-10H2,1-3H3,(H,18,19,23,24)/t11-,12-,15-/m1/s1. The topological polar surface area (TPSA) is 114 Å². The summed E-state index contributed by atoms with van der Waals surface area (Å²) in [5, 5.41) is 21.5. The van der Waals surface area contributed by atoms with Crippen molar-refractivity contribution >= 4 is 33.3 Å². The molecule has 10 heteroatoms. The molecule has 1 amide bonds. The lowest BCUT2D eigenvalue weighted by molar-refractivity contribution is -0.116. The predicted molar refractivity (Wildman–Crippen MR) is 108 cm³/mol. The predicted octanol–water partition coefficient (Wildman–Crippen LogP) is 1.78. The lowest BCUT2D eigenvalue weighted by Gasteiger charge is -2.16. The molecule has 0 unspecified atom stereocenters. The Morgan fingerprint density at radius 2 is 2.22 bits per heavy atom. The Morgan fingerprint density at radius 1 is 1.48 bits per heavy atom. The van der Waals surface area contributed by atoms with E-state index in [0.29, 0.717) is 6.42 Å². The van der Waals surface area contributed by atoms with E-state index >= 15 is 0 Å². The van der Waals surface area contributed by atoms with Gasteiger partial charge in [0.2, 0.25) is 5.91 Å². The summed E-state index contributed by atoms with van der Waals surface area (Å²) in [5.74, 6) is 0.877. The quantitative estimate of drug-likeness (QED) is 0.433. The largest absolute Gasteiger partial charge is 0.394 e. The van der Waals surface area contributed by atoms with Gasteiger partial charge in [-0.2, -0.15) is 4.98 Å². The molecule has 0 radical (unpaired) electrons. The van der Waals surface area contributed by atoms with Gasteiger partial charge < -0.3 is 20.3 Å². The number of carbonyl (C=O) groups excluding carboxylic acids is 1. The molecular formula is C17H27N3O5S2. The Morgan fingerprint density at radius 3 is 2.81 bits per heavy atom. The SMILES string of the molecule is CC(C)(C)SSCCCC(=O)Nc1ccn([C@H]2C[C@@H](O)[C@@H](CO)O2)c(=O)n1. The highest BCUT2D eigenvalue weighted by Gasteiger charge is 2.34.